The van der Waals surface area contributed by atoms with Gasteiger partial charge < -0.3 is 5.11 Å². The smallest absolute Gasteiger partial charge is 0.125 e. The first-order chi connectivity index (χ1) is 7.59. The zero-order valence-corrected chi connectivity index (χ0v) is 9.57. The van der Waals surface area contributed by atoms with Gasteiger partial charge in [-0.05, 0) is 13.8 Å². The molecule has 2 heterocycles. The Kier molecular flexibility index (Phi) is 2.74. The lowest BCUT2D eigenvalue weighted by Crippen LogP contribution is -2.06. The Bertz CT molecular complexity index is 473. The average Bonchev–Trinajstić information content (AvgIpc) is 2.84. The van der Waals surface area contributed by atoms with Crippen molar-refractivity contribution < 1.29 is 5.11 Å². The van der Waals surface area contributed by atoms with Gasteiger partial charge in [0, 0.05) is 24.8 Å². The second-order valence-electron chi connectivity index (χ2n) is 4.03. The van der Waals surface area contributed by atoms with Gasteiger partial charge in [0.1, 0.15) is 6.10 Å². The van der Waals surface area contributed by atoms with Crippen LogP contribution >= 0.6 is 0 Å². The number of nitrogens with zero attached hydrogens (tertiary/aromatic N) is 5. The molecule has 0 saturated heterocycles. The fourth-order valence-corrected chi connectivity index (χ4v) is 1.49. The second-order valence-corrected chi connectivity index (χ2v) is 4.03. The number of hydrogen-bond donors (Lipinski definition) is 1. The zero-order valence-electron chi connectivity index (χ0n) is 9.57. The largest absolute Gasteiger partial charge is 0.382 e. The third-order valence-electron chi connectivity index (χ3n) is 2.50. The Hall–Kier alpha value is -1.69. The van der Waals surface area contributed by atoms with Crippen molar-refractivity contribution in [1.82, 2.24) is 24.8 Å². The first kappa shape index (κ1) is 10.8. The SMILES string of the molecule is CC(C)n1cc(C(O)c2cnnn2C)cn1. The predicted octanol–water partition coefficient (Wildman–Crippen LogP) is 0.674. The molecule has 1 atom stereocenters. The molecule has 0 amide bonds. The van der Waals surface area contributed by atoms with Crippen LogP contribution in [-0.4, -0.2) is 29.9 Å². The molecule has 6 heteroatoms. The Balaban J connectivity index is 2.27. The topological polar surface area (TPSA) is 68.8 Å². The van der Waals surface area contributed by atoms with Crippen molar-refractivity contribution in [2.24, 2.45) is 7.05 Å². The van der Waals surface area contributed by atoms with Gasteiger partial charge in [-0.3, -0.25) is 4.68 Å². The van der Waals surface area contributed by atoms with Crippen LogP contribution in [0.5, 0.6) is 0 Å². The molecule has 86 valence electrons. The first-order valence-electron chi connectivity index (χ1n) is 5.16. The number of aliphatic hydroxyl groups is 1. The Morgan fingerprint density at radius 2 is 2.06 bits per heavy atom. The quantitative estimate of drug-likeness (QED) is 0.827. The molecule has 1 unspecified atom stereocenters. The fourth-order valence-electron chi connectivity index (χ4n) is 1.49. The summed E-state index contributed by atoms with van der Waals surface area (Å²) in [5.74, 6) is 0. The van der Waals surface area contributed by atoms with Crippen molar-refractivity contribution in [2.75, 3.05) is 0 Å². The molecule has 16 heavy (non-hydrogen) atoms. The molecule has 0 aliphatic heterocycles. The van der Waals surface area contributed by atoms with Crippen LogP contribution in [-0.2, 0) is 7.05 Å². The van der Waals surface area contributed by atoms with Crippen LogP contribution < -0.4 is 0 Å². The summed E-state index contributed by atoms with van der Waals surface area (Å²) in [6.45, 7) is 4.07. The summed E-state index contributed by atoms with van der Waals surface area (Å²) < 4.78 is 3.36. The number of rotatable bonds is 3. The van der Waals surface area contributed by atoms with E-state index in [1.165, 1.54) is 0 Å². The molecule has 0 aromatic carbocycles. The lowest BCUT2D eigenvalue weighted by atomic mass is 10.1. The Morgan fingerprint density at radius 3 is 2.56 bits per heavy atom. The summed E-state index contributed by atoms with van der Waals surface area (Å²) in [6, 6.07) is 0.283. The normalized spacial score (nSPS) is 13.3. The lowest BCUT2D eigenvalue weighted by molar-refractivity contribution is 0.209. The van der Waals surface area contributed by atoms with Crippen LogP contribution in [0.4, 0.5) is 0 Å². The molecule has 1 N–H and O–H groups in total. The van der Waals surface area contributed by atoms with Crippen LogP contribution in [0.1, 0.15) is 37.3 Å². The molecule has 2 rings (SSSR count). The van der Waals surface area contributed by atoms with Gasteiger partial charge in [0.2, 0.25) is 0 Å². The highest BCUT2D eigenvalue weighted by Gasteiger charge is 2.16. The van der Waals surface area contributed by atoms with Gasteiger partial charge in [-0.15, -0.1) is 5.10 Å². The van der Waals surface area contributed by atoms with Crippen molar-refractivity contribution in [1.29, 1.82) is 0 Å². The molecular weight excluding hydrogens is 206 g/mol. The molecule has 0 fully saturated rings. The molecule has 0 spiro atoms. The molecule has 0 aliphatic carbocycles. The maximum atomic E-state index is 10.1. The fraction of sp³-hybridized carbons (Fsp3) is 0.500. The van der Waals surface area contributed by atoms with Crippen molar-refractivity contribution in [3.05, 3.63) is 29.8 Å². The third-order valence-corrected chi connectivity index (χ3v) is 2.50. The molecule has 2 aromatic heterocycles. The van der Waals surface area contributed by atoms with E-state index in [9.17, 15) is 5.11 Å². The lowest BCUT2D eigenvalue weighted by Gasteiger charge is -2.07. The first-order valence-corrected chi connectivity index (χ1v) is 5.16. The summed E-state index contributed by atoms with van der Waals surface area (Å²) in [5.41, 5.74) is 1.41. The van der Waals surface area contributed by atoms with Gasteiger partial charge in [0.05, 0.1) is 18.1 Å². The minimum Gasteiger partial charge on any atom is -0.382 e. The summed E-state index contributed by atoms with van der Waals surface area (Å²) in [7, 11) is 1.75. The second kappa shape index (κ2) is 4.05. The number of aryl methyl sites for hydroxylation is 1. The molecule has 0 aliphatic rings. The van der Waals surface area contributed by atoms with Crippen molar-refractivity contribution in [3.63, 3.8) is 0 Å². The van der Waals surface area contributed by atoms with Gasteiger partial charge in [0.25, 0.3) is 0 Å². The minimum atomic E-state index is -0.729. The Morgan fingerprint density at radius 1 is 1.31 bits per heavy atom. The van der Waals surface area contributed by atoms with Gasteiger partial charge in [-0.2, -0.15) is 5.10 Å². The average molecular weight is 221 g/mol. The number of aromatic nitrogens is 5. The van der Waals surface area contributed by atoms with E-state index in [0.717, 1.165) is 5.56 Å². The number of aliphatic hydroxyl groups excluding tert-OH is 1. The van der Waals surface area contributed by atoms with E-state index in [1.54, 1.807) is 24.1 Å². The molecule has 2 aromatic rings. The van der Waals surface area contributed by atoms with E-state index < -0.39 is 6.10 Å². The molecule has 0 bridgehead atoms. The molecular formula is C10H15N5O. The maximum absolute atomic E-state index is 10.1. The summed E-state index contributed by atoms with van der Waals surface area (Å²) in [6.07, 6.45) is 4.32. The molecule has 6 nitrogen and oxygen atoms in total. The van der Waals surface area contributed by atoms with Gasteiger partial charge >= 0.3 is 0 Å². The standard InChI is InChI=1S/C10H15N5O/c1-7(2)15-6-8(4-12-15)10(16)9-5-11-13-14(9)3/h4-7,10,16H,1-3H3. The summed E-state index contributed by atoms with van der Waals surface area (Å²) in [5, 5.41) is 21.8. The predicted molar refractivity (Wildman–Crippen MR) is 57.7 cm³/mol. The monoisotopic (exact) mass is 221 g/mol. The van der Waals surface area contributed by atoms with Crippen LogP contribution in [0, 0.1) is 0 Å². The van der Waals surface area contributed by atoms with Crippen molar-refractivity contribution in [2.45, 2.75) is 26.0 Å². The zero-order chi connectivity index (χ0) is 11.7. The highest BCUT2D eigenvalue weighted by molar-refractivity contribution is 5.19. The Labute approximate surface area is 93.5 Å². The maximum Gasteiger partial charge on any atom is 0.125 e. The number of hydrogen-bond acceptors (Lipinski definition) is 4. The van der Waals surface area contributed by atoms with E-state index in [2.05, 4.69) is 15.4 Å². The van der Waals surface area contributed by atoms with Crippen molar-refractivity contribution >= 4 is 0 Å². The van der Waals surface area contributed by atoms with Gasteiger partial charge in [0.15, 0.2) is 0 Å². The van der Waals surface area contributed by atoms with E-state index in [0.29, 0.717) is 5.69 Å². The summed E-state index contributed by atoms with van der Waals surface area (Å²) >= 11 is 0. The van der Waals surface area contributed by atoms with Gasteiger partial charge in [-0.25, -0.2) is 4.68 Å². The third kappa shape index (κ3) is 1.83. The van der Waals surface area contributed by atoms with E-state index >= 15 is 0 Å². The highest BCUT2D eigenvalue weighted by Crippen LogP contribution is 2.20. The molecule has 0 radical (unpaired) electrons. The van der Waals surface area contributed by atoms with Crippen molar-refractivity contribution in [3.8, 4) is 0 Å². The van der Waals surface area contributed by atoms with Crippen LogP contribution in [0.2, 0.25) is 0 Å². The van der Waals surface area contributed by atoms with E-state index in [1.807, 2.05) is 24.7 Å². The van der Waals surface area contributed by atoms with Crippen LogP contribution in [0.3, 0.4) is 0 Å². The van der Waals surface area contributed by atoms with Crippen LogP contribution in [0.15, 0.2) is 18.6 Å². The van der Waals surface area contributed by atoms with E-state index in [4.69, 9.17) is 0 Å². The summed E-state index contributed by atoms with van der Waals surface area (Å²) in [4.78, 5) is 0. The molecule has 0 saturated carbocycles. The highest BCUT2D eigenvalue weighted by atomic mass is 16.3. The van der Waals surface area contributed by atoms with E-state index in [-0.39, 0.29) is 6.04 Å². The minimum absolute atomic E-state index is 0.283. The van der Waals surface area contributed by atoms with Crippen LogP contribution in [0.25, 0.3) is 0 Å². The van der Waals surface area contributed by atoms with Gasteiger partial charge in [-0.1, -0.05) is 5.21 Å².